The summed E-state index contributed by atoms with van der Waals surface area (Å²) < 4.78 is 0. The summed E-state index contributed by atoms with van der Waals surface area (Å²) in [5, 5.41) is 4.80. The summed E-state index contributed by atoms with van der Waals surface area (Å²) in [5.74, 6) is 0. The summed E-state index contributed by atoms with van der Waals surface area (Å²) in [6.45, 7) is 8.76. The smallest absolute Gasteiger partial charge is 0.0642 e. The number of fused-ring (bicyclic) bond motifs is 4. The SMILES string of the molecule is C=C(C)/C=C\C=C/C1(c2cccc(N(c3ccccc3)c3ccc4ccccc4c3)c2)c2ccccc2C(C)(c2cccc(N(c3ccccc3)c3ccc4ccccc4c3)c2)c2cc(N(c3ccccc3)c3ccccc3)ccc21. The minimum Gasteiger partial charge on any atom is -0.310 e. The van der Waals surface area contributed by atoms with Crippen LogP contribution in [-0.4, -0.2) is 0 Å². The average Bonchev–Trinajstić information content (AvgIpc) is 2.42. The van der Waals surface area contributed by atoms with Gasteiger partial charge in [0.05, 0.1) is 5.41 Å². The molecule has 0 N–H and O–H groups in total. The molecule has 2 unspecified atom stereocenters. The molecule has 81 heavy (non-hydrogen) atoms. The topological polar surface area (TPSA) is 9.72 Å². The van der Waals surface area contributed by atoms with Crippen molar-refractivity contribution in [2.75, 3.05) is 14.7 Å². The van der Waals surface area contributed by atoms with Crippen molar-refractivity contribution in [3.63, 3.8) is 0 Å². The van der Waals surface area contributed by atoms with Crippen molar-refractivity contribution in [3.8, 4) is 0 Å². The summed E-state index contributed by atoms with van der Waals surface area (Å²) in [6.07, 6.45) is 8.91. The molecule has 0 spiro atoms. The van der Waals surface area contributed by atoms with Crippen molar-refractivity contribution in [3.05, 3.63) is 367 Å². The highest BCUT2D eigenvalue weighted by atomic mass is 15.2. The molecule has 0 amide bonds. The molecule has 3 heteroatoms. The minimum atomic E-state index is -0.797. The lowest BCUT2D eigenvalue weighted by molar-refractivity contribution is 0.599. The van der Waals surface area contributed by atoms with E-state index in [9.17, 15) is 0 Å². The summed E-state index contributed by atoms with van der Waals surface area (Å²) in [6, 6.07) is 109. The second-order valence-corrected chi connectivity index (χ2v) is 21.3. The first-order valence-corrected chi connectivity index (χ1v) is 27.9. The zero-order chi connectivity index (χ0) is 54.8. The van der Waals surface area contributed by atoms with E-state index >= 15 is 0 Å². The number of benzene rings is 12. The summed E-state index contributed by atoms with van der Waals surface area (Å²) in [5.41, 5.74) is 16.4. The van der Waals surface area contributed by atoms with Gasteiger partial charge < -0.3 is 14.7 Å². The molecule has 0 aromatic heterocycles. The fourth-order valence-electron chi connectivity index (χ4n) is 12.4. The van der Waals surface area contributed by atoms with Gasteiger partial charge in [-0.05, 0) is 178 Å². The summed E-state index contributed by atoms with van der Waals surface area (Å²) in [4.78, 5) is 7.19. The van der Waals surface area contributed by atoms with E-state index in [2.05, 4.69) is 350 Å². The summed E-state index contributed by atoms with van der Waals surface area (Å²) in [7, 11) is 0. The van der Waals surface area contributed by atoms with Gasteiger partial charge in [0.25, 0.3) is 0 Å². The van der Waals surface area contributed by atoms with Crippen molar-refractivity contribution >= 4 is 72.7 Å². The summed E-state index contributed by atoms with van der Waals surface area (Å²) >= 11 is 0. The van der Waals surface area contributed by atoms with E-state index in [4.69, 9.17) is 0 Å². The quantitative estimate of drug-likeness (QED) is 0.101. The lowest BCUT2D eigenvalue weighted by Gasteiger charge is -2.48. The third-order valence-electron chi connectivity index (χ3n) is 16.2. The van der Waals surface area contributed by atoms with E-state index in [0.29, 0.717) is 0 Å². The fraction of sp³-hybridized carbons (Fsp3) is 0.0513. The molecule has 0 bridgehead atoms. The first-order chi connectivity index (χ1) is 39.9. The highest BCUT2D eigenvalue weighted by Gasteiger charge is 2.49. The molecule has 0 aliphatic heterocycles. The van der Waals surface area contributed by atoms with Gasteiger partial charge in [-0.15, -0.1) is 0 Å². The van der Waals surface area contributed by atoms with E-state index < -0.39 is 10.8 Å². The Labute approximate surface area is 476 Å². The van der Waals surface area contributed by atoms with Gasteiger partial charge >= 0.3 is 0 Å². The second kappa shape index (κ2) is 21.5. The Morgan fingerprint density at radius 2 is 0.679 bits per heavy atom. The standard InChI is InChI=1S/C78H61N3/c1-57(2)26-22-23-51-78(63-32-25-42-69(55-63)81(67-39-14-7-15-40-67)71-48-46-59-28-17-19-30-61(59)53-71)74-44-21-20-43-73(74)77(3,76-56-72(49-50-75(76)78)79(64-33-8-4-9-34-64)65-35-10-5-11-36-65)62-31-24-41-68(54-62)80(66-37-12-6-13-38-66)70-47-45-58-27-16-18-29-60(58)52-70/h4-56H,1H2,2-3H3/b26-22-,51-23-. The van der Waals surface area contributed by atoms with Crippen LogP contribution >= 0.6 is 0 Å². The van der Waals surface area contributed by atoms with Gasteiger partial charge in [-0.25, -0.2) is 0 Å². The van der Waals surface area contributed by atoms with Crippen molar-refractivity contribution in [1.82, 2.24) is 0 Å². The van der Waals surface area contributed by atoms with Crippen LogP contribution in [0, 0.1) is 0 Å². The molecule has 1 aliphatic carbocycles. The fourth-order valence-corrected chi connectivity index (χ4v) is 12.4. The Kier molecular flexibility index (Phi) is 13.4. The van der Waals surface area contributed by atoms with Crippen LogP contribution in [0.15, 0.2) is 334 Å². The molecule has 3 nitrogen and oxygen atoms in total. The Balaban J connectivity index is 1.09. The molecule has 1 aliphatic rings. The molecule has 0 saturated heterocycles. The number of para-hydroxylation sites is 4. The maximum Gasteiger partial charge on any atom is 0.0642 e. The average molecular weight is 1040 g/mol. The van der Waals surface area contributed by atoms with Gasteiger partial charge in [0.2, 0.25) is 0 Å². The Hall–Kier alpha value is -10.2. The lowest BCUT2D eigenvalue weighted by atomic mass is 9.54. The minimum absolute atomic E-state index is 0.688. The Morgan fingerprint density at radius 1 is 0.309 bits per heavy atom. The molecule has 12 aromatic carbocycles. The zero-order valence-corrected chi connectivity index (χ0v) is 45.6. The van der Waals surface area contributed by atoms with E-state index in [1.807, 2.05) is 6.92 Å². The number of hydrogen-bond acceptors (Lipinski definition) is 3. The van der Waals surface area contributed by atoms with Crippen LogP contribution in [0.5, 0.6) is 0 Å². The van der Waals surface area contributed by atoms with Crippen LogP contribution < -0.4 is 14.7 Å². The Bertz CT molecular complexity index is 4260. The predicted octanol–water partition coefficient (Wildman–Crippen LogP) is 21.1. The molecule has 388 valence electrons. The van der Waals surface area contributed by atoms with Gasteiger partial charge in [0.1, 0.15) is 0 Å². The second-order valence-electron chi connectivity index (χ2n) is 21.3. The van der Waals surface area contributed by atoms with Crippen LogP contribution in [0.3, 0.4) is 0 Å². The lowest BCUT2D eigenvalue weighted by Crippen LogP contribution is -2.42. The zero-order valence-electron chi connectivity index (χ0n) is 45.6. The highest BCUT2D eigenvalue weighted by Crippen LogP contribution is 2.58. The van der Waals surface area contributed by atoms with Crippen molar-refractivity contribution in [1.29, 1.82) is 0 Å². The van der Waals surface area contributed by atoms with E-state index in [-0.39, 0.29) is 0 Å². The highest BCUT2D eigenvalue weighted by molar-refractivity contribution is 5.91. The molecule has 13 rings (SSSR count). The molecular formula is C78H61N3. The van der Waals surface area contributed by atoms with Crippen LogP contribution in [0.25, 0.3) is 21.5 Å². The normalized spacial score (nSPS) is 15.6. The number of anilines is 9. The van der Waals surface area contributed by atoms with Crippen LogP contribution in [0.4, 0.5) is 51.2 Å². The van der Waals surface area contributed by atoms with Crippen LogP contribution in [0.2, 0.25) is 0 Å². The van der Waals surface area contributed by atoms with Gasteiger partial charge in [-0.3, -0.25) is 0 Å². The van der Waals surface area contributed by atoms with Gasteiger partial charge in [0, 0.05) is 56.6 Å². The number of rotatable bonds is 14. The molecule has 0 fully saturated rings. The van der Waals surface area contributed by atoms with E-state index in [1.165, 1.54) is 49.4 Å². The van der Waals surface area contributed by atoms with Gasteiger partial charge in [-0.2, -0.15) is 0 Å². The first kappa shape index (κ1) is 50.3. The first-order valence-electron chi connectivity index (χ1n) is 27.9. The Morgan fingerprint density at radius 3 is 1.19 bits per heavy atom. The molecule has 2 atom stereocenters. The molecule has 0 saturated carbocycles. The maximum absolute atomic E-state index is 4.26. The van der Waals surface area contributed by atoms with Crippen LogP contribution in [-0.2, 0) is 10.8 Å². The third kappa shape index (κ3) is 9.29. The van der Waals surface area contributed by atoms with Crippen molar-refractivity contribution in [2.24, 2.45) is 0 Å². The van der Waals surface area contributed by atoms with Crippen molar-refractivity contribution < 1.29 is 0 Å². The van der Waals surface area contributed by atoms with Gasteiger partial charge in [0.15, 0.2) is 0 Å². The van der Waals surface area contributed by atoms with Gasteiger partial charge in [-0.1, -0.05) is 225 Å². The predicted molar refractivity (Wildman–Crippen MR) is 343 cm³/mol. The molecule has 0 heterocycles. The van der Waals surface area contributed by atoms with Crippen LogP contribution in [0.1, 0.15) is 47.2 Å². The number of hydrogen-bond donors (Lipinski definition) is 0. The largest absolute Gasteiger partial charge is 0.310 e. The number of nitrogens with zero attached hydrogens (tertiary/aromatic N) is 3. The molecule has 12 aromatic rings. The third-order valence-corrected chi connectivity index (χ3v) is 16.2. The van der Waals surface area contributed by atoms with E-state index in [1.54, 1.807) is 0 Å². The van der Waals surface area contributed by atoms with Crippen molar-refractivity contribution in [2.45, 2.75) is 24.7 Å². The molecular weight excluding hydrogens is 979 g/mol. The molecule has 0 radical (unpaired) electrons. The monoisotopic (exact) mass is 1040 g/mol. The van der Waals surface area contributed by atoms with E-state index in [0.717, 1.165) is 62.3 Å². The maximum atomic E-state index is 4.26. The number of allylic oxidation sites excluding steroid dienone is 5.